The van der Waals surface area contributed by atoms with Crippen molar-refractivity contribution in [3.05, 3.63) is 28.8 Å². The van der Waals surface area contributed by atoms with Crippen molar-refractivity contribution in [2.45, 2.75) is 12.8 Å². The standard InChI is InChI=1S/C10H8F2O3/c11-7-4-8(12)10-5(1-2-15-10)6(7)3-9(13)14/h4H,1-3H2,(H,13,14). The van der Waals surface area contributed by atoms with Crippen molar-refractivity contribution < 1.29 is 23.4 Å². The molecule has 0 unspecified atom stereocenters. The minimum absolute atomic E-state index is 0.00681. The summed E-state index contributed by atoms with van der Waals surface area (Å²) in [5.41, 5.74) is 0.367. The first-order valence-corrected chi connectivity index (χ1v) is 4.44. The van der Waals surface area contributed by atoms with Crippen LogP contribution in [0.15, 0.2) is 6.07 Å². The first kappa shape index (κ1) is 9.89. The number of carboxylic acid groups (broad SMARTS) is 1. The van der Waals surface area contributed by atoms with Crippen molar-refractivity contribution in [2.75, 3.05) is 6.61 Å². The van der Waals surface area contributed by atoms with Crippen LogP contribution in [-0.2, 0) is 17.6 Å². The number of ether oxygens (including phenoxy) is 1. The van der Waals surface area contributed by atoms with Gasteiger partial charge in [-0.3, -0.25) is 4.79 Å². The molecule has 1 aromatic rings. The third-order valence-electron chi connectivity index (χ3n) is 2.32. The molecule has 0 amide bonds. The van der Waals surface area contributed by atoms with Crippen LogP contribution in [0, 0.1) is 11.6 Å². The van der Waals surface area contributed by atoms with Gasteiger partial charge in [0, 0.05) is 23.6 Å². The van der Waals surface area contributed by atoms with E-state index < -0.39 is 24.0 Å². The molecule has 80 valence electrons. The lowest BCUT2D eigenvalue weighted by Gasteiger charge is -2.07. The Morgan fingerprint density at radius 3 is 2.87 bits per heavy atom. The minimum atomic E-state index is -1.14. The van der Waals surface area contributed by atoms with Gasteiger partial charge in [-0.1, -0.05) is 0 Å². The molecule has 0 fully saturated rings. The third-order valence-corrected chi connectivity index (χ3v) is 2.32. The number of carbonyl (C=O) groups is 1. The largest absolute Gasteiger partial charge is 0.490 e. The summed E-state index contributed by atoms with van der Waals surface area (Å²) in [6.07, 6.45) is -0.0928. The van der Waals surface area contributed by atoms with Crippen LogP contribution >= 0.6 is 0 Å². The maximum absolute atomic E-state index is 13.3. The summed E-state index contributed by atoms with van der Waals surface area (Å²) in [5.74, 6) is -2.74. The summed E-state index contributed by atoms with van der Waals surface area (Å²) in [7, 11) is 0. The molecule has 15 heavy (non-hydrogen) atoms. The Bertz CT molecular complexity index is 429. The molecule has 1 aliphatic heterocycles. The molecule has 0 aromatic heterocycles. The van der Waals surface area contributed by atoms with Crippen molar-refractivity contribution >= 4 is 5.97 Å². The first-order valence-electron chi connectivity index (χ1n) is 4.44. The minimum Gasteiger partial charge on any atom is -0.490 e. The van der Waals surface area contributed by atoms with E-state index in [0.717, 1.165) is 0 Å². The quantitative estimate of drug-likeness (QED) is 0.811. The highest BCUT2D eigenvalue weighted by molar-refractivity contribution is 5.71. The Hall–Kier alpha value is -1.65. The van der Waals surface area contributed by atoms with E-state index in [1.54, 1.807) is 0 Å². The molecule has 2 rings (SSSR count). The lowest BCUT2D eigenvalue weighted by molar-refractivity contribution is -0.136. The topological polar surface area (TPSA) is 46.5 Å². The molecule has 1 heterocycles. The van der Waals surface area contributed by atoms with Crippen molar-refractivity contribution in [3.8, 4) is 5.75 Å². The molecule has 0 radical (unpaired) electrons. The van der Waals surface area contributed by atoms with E-state index in [0.29, 0.717) is 18.1 Å². The maximum Gasteiger partial charge on any atom is 0.307 e. The first-order chi connectivity index (χ1) is 7.09. The van der Waals surface area contributed by atoms with Crippen LogP contribution in [0.1, 0.15) is 11.1 Å². The number of carboxylic acids is 1. The van der Waals surface area contributed by atoms with Gasteiger partial charge in [0.15, 0.2) is 11.6 Å². The second-order valence-electron chi connectivity index (χ2n) is 3.30. The molecule has 0 saturated carbocycles. The predicted octanol–water partition coefficient (Wildman–Crippen LogP) is 1.53. The second-order valence-corrected chi connectivity index (χ2v) is 3.30. The van der Waals surface area contributed by atoms with E-state index in [9.17, 15) is 13.6 Å². The van der Waals surface area contributed by atoms with Crippen LogP contribution in [0.4, 0.5) is 8.78 Å². The normalized spacial score (nSPS) is 13.5. The zero-order valence-corrected chi connectivity index (χ0v) is 7.72. The zero-order chi connectivity index (χ0) is 11.0. The van der Waals surface area contributed by atoms with Gasteiger partial charge in [-0.15, -0.1) is 0 Å². The lowest BCUT2D eigenvalue weighted by Crippen LogP contribution is -2.06. The fourth-order valence-electron chi connectivity index (χ4n) is 1.71. The van der Waals surface area contributed by atoms with Gasteiger partial charge in [0.2, 0.25) is 0 Å². The zero-order valence-electron chi connectivity index (χ0n) is 7.72. The summed E-state index contributed by atoms with van der Waals surface area (Å²) in [4.78, 5) is 10.5. The van der Waals surface area contributed by atoms with E-state index in [1.807, 2.05) is 0 Å². The van der Waals surface area contributed by atoms with Crippen molar-refractivity contribution in [3.63, 3.8) is 0 Å². The van der Waals surface area contributed by atoms with Gasteiger partial charge in [0.1, 0.15) is 5.82 Å². The van der Waals surface area contributed by atoms with E-state index in [1.165, 1.54) is 0 Å². The molecular formula is C10H8F2O3. The van der Waals surface area contributed by atoms with E-state index >= 15 is 0 Å². The fraction of sp³-hybridized carbons (Fsp3) is 0.300. The highest BCUT2D eigenvalue weighted by atomic mass is 19.1. The molecule has 0 aliphatic carbocycles. The van der Waals surface area contributed by atoms with Gasteiger partial charge in [0.25, 0.3) is 0 Å². The van der Waals surface area contributed by atoms with Crippen LogP contribution in [0.3, 0.4) is 0 Å². The van der Waals surface area contributed by atoms with E-state index in [2.05, 4.69) is 0 Å². The van der Waals surface area contributed by atoms with Crippen molar-refractivity contribution in [2.24, 2.45) is 0 Å². The van der Waals surface area contributed by atoms with Gasteiger partial charge >= 0.3 is 5.97 Å². The molecule has 1 N–H and O–H groups in total. The van der Waals surface area contributed by atoms with Gasteiger partial charge in [-0.05, 0) is 0 Å². The number of benzene rings is 1. The highest BCUT2D eigenvalue weighted by Crippen LogP contribution is 2.33. The molecular weight excluding hydrogens is 206 g/mol. The Balaban J connectivity index is 2.54. The van der Waals surface area contributed by atoms with Crippen LogP contribution in [0.25, 0.3) is 0 Å². The van der Waals surface area contributed by atoms with Gasteiger partial charge in [0.05, 0.1) is 13.0 Å². The predicted molar refractivity (Wildman–Crippen MR) is 46.9 cm³/mol. The number of hydrogen-bond donors (Lipinski definition) is 1. The van der Waals surface area contributed by atoms with Gasteiger partial charge < -0.3 is 9.84 Å². The number of hydrogen-bond acceptors (Lipinski definition) is 2. The monoisotopic (exact) mass is 214 g/mol. The van der Waals surface area contributed by atoms with E-state index in [4.69, 9.17) is 9.84 Å². The molecule has 5 heteroatoms. The van der Waals surface area contributed by atoms with Crippen LogP contribution in [0.2, 0.25) is 0 Å². The van der Waals surface area contributed by atoms with Crippen LogP contribution < -0.4 is 4.74 Å². The summed E-state index contributed by atoms with van der Waals surface area (Å²) in [5, 5.41) is 8.59. The highest BCUT2D eigenvalue weighted by Gasteiger charge is 2.24. The number of aliphatic carboxylic acids is 1. The van der Waals surface area contributed by atoms with Crippen molar-refractivity contribution in [1.29, 1.82) is 0 Å². The molecule has 3 nitrogen and oxygen atoms in total. The number of fused-ring (bicyclic) bond motifs is 1. The van der Waals surface area contributed by atoms with Crippen LogP contribution in [0.5, 0.6) is 5.75 Å². The molecule has 0 bridgehead atoms. The Kier molecular flexibility index (Phi) is 2.30. The van der Waals surface area contributed by atoms with Crippen molar-refractivity contribution in [1.82, 2.24) is 0 Å². The summed E-state index contributed by atoms with van der Waals surface area (Å²) in [6.45, 7) is 0.266. The van der Waals surface area contributed by atoms with Gasteiger partial charge in [-0.25, -0.2) is 8.78 Å². The summed E-state index contributed by atoms with van der Waals surface area (Å²) in [6, 6.07) is 0.669. The smallest absolute Gasteiger partial charge is 0.307 e. The maximum atomic E-state index is 13.3. The average molecular weight is 214 g/mol. The summed E-state index contributed by atoms with van der Waals surface area (Å²) >= 11 is 0. The SMILES string of the molecule is O=C(O)Cc1c(F)cc(F)c2c1CCO2. The second kappa shape index (κ2) is 3.49. The van der Waals surface area contributed by atoms with E-state index in [-0.39, 0.29) is 17.9 Å². The lowest BCUT2D eigenvalue weighted by atomic mass is 10.0. The third kappa shape index (κ3) is 1.65. The summed E-state index contributed by atoms with van der Waals surface area (Å²) < 4.78 is 31.4. The van der Waals surface area contributed by atoms with Gasteiger partial charge in [-0.2, -0.15) is 0 Å². The Morgan fingerprint density at radius 1 is 1.47 bits per heavy atom. The molecule has 1 aromatic carbocycles. The Labute approximate surface area is 84.3 Å². The molecule has 0 spiro atoms. The molecule has 1 aliphatic rings. The van der Waals surface area contributed by atoms with Crippen LogP contribution in [-0.4, -0.2) is 17.7 Å². The molecule has 0 atom stereocenters. The molecule has 0 saturated heterocycles. The fourth-order valence-corrected chi connectivity index (χ4v) is 1.71. The Morgan fingerprint density at radius 2 is 2.20 bits per heavy atom. The average Bonchev–Trinajstić information content (AvgIpc) is 2.60. The number of rotatable bonds is 2. The number of halogens is 2.